The highest BCUT2D eigenvalue weighted by Gasteiger charge is 2.14. The lowest BCUT2D eigenvalue weighted by Crippen LogP contribution is -2.10. The van der Waals surface area contributed by atoms with Crippen molar-refractivity contribution in [2.75, 3.05) is 4.90 Å². The van der Waals surface area contributed by atoms with E-state index >= 15 is 0 Å². The molecule has 10 rings (SSSR count). The molecule has 0 amide bonds. The zero-order valence-corrected chi connectivity index (χ0v) is 38.0. The fourth-order valence-corrected chi connectivity index (χ4v) is 7.94. The van der Waals surface area contributed by atoms with E-state index in [-0.39, 0.29) is 0 Å². The molecule has 0 fully saturated rings. The Bertz CT molecular complexity index is 2890. The van der Waals surface area contributed by atoms with Gasteiger partial charge < -0.3 is 4.90 Å². The average molecular weight is 840 g/mol. The summed E-state index contributed by atoms with van der Waals surface area (Å²) in [5.41, 5.74) is 19.8. The fourth-order valence-electron chi connectivity index (χ4n) is 7.94. The molecule has 0 heterocycles. The lowest BCUT2D eigenvalue weighted by molar-refractivity contribution is 0.739. The maximum absolute atomic E-state index is 2.35. The molecule has 1 atom stereocenters. The van der Waals surface area contributed by atoms with Crippen LogP contribution in [0.15, 0.2) is 255 Å². The van der Waals surface area contributed by atoms with Crippen molar-refractivity contribution >= 4 is 22.6 Å². The van der Waals surface area contributed by atoms with Gasteiger partial charge >= 0.3 is 0 Å². The molecule has 9 aromatic rings. The Morgan fingerprint density at radius 2 is 0.585 bits per heavy atom. The molecule has 0 aromatic heterocycles. The van der Waals surface area contributed by atoms with Crippen LogP contribution >= 0.6 is 0 Å². The topological polar surface area (TPSA) is 3.24 Å². The van der Waals surface area contributed by atoms with Crippen molar-refractivity contribution in [2.24, 2.45) is 5.92 Å². The minimum absolute atomic E-state index is 0.616. The maximum Gasteiger partial charge on any atom is 0.0462 e. The van der Waals surface area contributed by atoms with E-state index in [1.807, 2.05) is 24.3 Å². The molecule has 0 radical (unpaired) electrons. The largest absolute Gasteiger partial charge is 0.311 e. The van der Waals surface area contributed by atoms with E-state index in [2.05, 4.69) is 263 Å². The summed E-state index contributed by atoms with van der Waals surface area (Å²) in [6.45, 7) is 8.58. The summed E-state index contributed by atoms with van der Waals surface area (Å²) in [4.78, 5) is 2.34. The van der Waals surface area contributed by atoms with E-state index in [4.69, 9.17) is 0 Å². The summed E-state index contributed by atoms with van der Waals surface area (Å²) < 4.78 is 0. The van der Waals surface area contributed by atoms with Crippen LogP contribution in [0.3, 0.4) is 0 Å². The molecule has 65 heavy (non-hydrogen) atoms. The number of allylic oxidation sites excluding steroid dienone is 4. The van der Waals surface area contributed by atoms with Crippen LogP contribution in [-0.4, -0.2) is 0 Å². The van der Waals surface area contributed by atoms with Gasteiger partial charge in [-0.25, -0.2) is 0 Å². The van der Waals surface area contributed by atoms with Gasteiger partial charge in [-0.15, -0.1) is 0 Å². The molecule has 0 saturated heterocycles. The van der Waals surface area contributed by atoms with E-state index in [0.29, 0.717) is 5.92 Å². The second-order valence-electron chi connectivity index (χ2n) is 16.9. The lowest BCUT2D eigenvalue weighted by atomic mass is 9.94. The van der Waals surface area contributed by atoms with Crippen LogP contribution in [0.5, 0.6) is 0 Å². The molecule has 1 aliphatic rings. The maximum atomic E-state index is 2.35. The molecule has 0 aliphatic heterocycles. The second-order valence-corrected chi connectivity index (χ2v) is 16.9. The number of aryl methyl sites for hydroxylation is 3. The van der Waals surface area contributed by atoms with Crippen LogP contribution in [0.4, 0.5) is 17.1 Å². The molecule has 0 saturated carbocycles. The van der Waals surface area contributed by atoms with E-state index in [1.54, 1.807) is 0 Å². The van der Waals surface area contributed by atoms with Crippen LogP contribution in [0.25, 0.3) is 50.1 Å². The number of anilines is 3. The number of benzene rings is 9. The van der Waals surface area contributed by atoms with Gasteiger partial charge in [-0.1, -0.05) is 242 Å². The molecule has 1 heteroatoms. The molecule has 0 N–H and O–H groups in total. The number of hydrogen-bond donors (Lipinski definition) is 0. The average Bonchev–Trinajstić information content (AvgIpc) is 3.37. The van der Waals surface area contributed by atoms with Gasteiger partial charge in [0.2, 0.25) is 0 Å². The SMILES string of the molecule is Cc1ccc(-c2ccc(-c3ccccc3)cc2)cc1.Cc1ccc(-c2ccc(N(c3ccc(C4=CCC(C)C=C4)cc3)c3ccc(-c4ccccc4)cc3)cc2)cc1.Cc1ccccc1. The van der Waals surface area contributed by atoms with Crippen molar-refractivity contribution in [3.63, 3.8) is 0 Å². The molecular weight excluding hydrogens is 783 g/mol. The van der Waals surface area contributed by atoms with Gasteiger partial charge in [0.25, 0.3) is 0 Å². The zero-order chi connectivity index (χ0) is 44.8. The summed E-state index contributed by atoms with van der Waals surface area (Å²) in [7, 11) is 0. The number of hydrogen-bond acceptors (Lipinski definition) is 1. The van der Waals surface area contributed by atoms with Crippen LogP contribution in [0, 0.1) is 26.7 Å². The first-order valence-electron chi connectivity index (χ1n) is 22.7. The molecule has 0 spiro atoms. The second kappa shape index (κ2) is 21.6. The molecule has 9 aromatic carbocycles. The van der Waals surface area contributed by atoms with Crippen molar-refractivity contribution < 1.29 is 0 Å². The molecule has 1 nitrogen and oxygen atoms in total. The van der Waals surface area contributed by atoms with Gasteiger partial charge in [-0.3, -0.25) is 0 Å². The van der Waals surface area contributed by atoms with Crippen LogP contribution < -0.4 is 4.90 Å². The predicted molar refractivity (Wildman–Crippen MR) is 281 cm³/mol. The van der Waals surface area contributed by atoms with Gasteiger partial charge in [-0.05, 0) is 125 Å². The summed E-state index contributed by atoms with van der Waals surface area (Å²) in [5.74, 6) is 0.616. The summed E-state index contributed by atoms with van der Waals surface area (Å²) in [6.07, 6.45) is 8.01. The highest BCUT2D eigenvalue weighted by atomic mass is 15.1. The Morgan fingerprint density at radius 1 is 0.308 bits per heavy atom. The first-order valence-corrected chi connectivity index (χ1v) is 22.7. The van der Waals surface area contributed by atoms with Gasteiger partial charge in [0.1, 0.15) is 0 Å². The van der Waals surface area contributed by atoms with E-state index in [0.717, 1.165) is 23.5 Å². The Morgan fingerprint density at radius 3 is 0.892 bits per heavy atom. The normalized spacial score (nSPS) is 12.7. The third-order valence-corrected chi connectivity index (χ3v) is 11.8. The third-order valence-electron chi connectivity index (χ3n) is 11.8. The van der Waals surface area contributed by atoms with Crippen molar-refractivity contribution in [3.05, 3.63) is 277 Å². The van der Waals surface area contributed by atoms with Crippen molar-refractivity contribution in [1.29, 1.82) is 0 Å². The first-order chi connectivity index (χ1) is 31.9. The monoisotopic (exact) mass is 839 g/mol. The highest BCUT2D eigenvalue weighted by Crippen LogP contribution is 2.38. The summed E-state index contributed by atoms with van der Waals surface area (Å²) >= 11 is 0. The lowest BCUT2D eigenvalue weighted by Gasteiger charge is -2.26. The van der Waals surface area contributed by atoms with Crippen molar-refractivity contribution in [1.82, 2.24) is 0 Å². The quantitative estimate of drug-likeness (QED) is 0.147. The summed E-state index contributed by atoms with van der Waals surface area (Å²) in [6, 6.07) is 84.1. The van der Waals surface area contributed by atoms with Gasteiger partial charge in [0.15, 0.2) is 0 Å². The fraction of sp³-hybridized carbons (Fsp3) is 0.0938. The number of rotatable bonds is 8. The predicted octanol–water partition coefficient (Wildman–Crippen LogP) is 18.1. The van der Waals surface area contributed by atoms with Gasteiger partial charge in [0.05, 0.1) is 0 Å². The molecule has 318 valence electrons. The van der Waals surface area contributed by atoms with Crippen LogP contribution in [0.1, 0.15) is 35.6 Å². The smallest absolute Gasteiger partial charge is 0.0462 e. The standard InChI is InChI=1S/C38H33N.C19H16.C7H8/c1-28-8-12-31(13-9-28)34-18-24-37(25-19-34)39(36-22-16-33(17-23-36)30-6-4-3-5-7-30)38-26-20-35(21-27-38)32-14-10-29(2)11-15-32;1-15-7-9-17(10-8-15)19-13-11-18(12-14-19)16-5-3-2-4-6-16;1-7-5-3-2-4-6-7/h3-10,12-27,29H,11H2,1-2H3;2-14H,1H3;2-6H,1H3. The van der Waals surface area contributed by atoms with Crippen molar-refractivity contribution in [2.45, 2.75) is 34.1 Å². The minimum Gasteiger partial charge on any atom is -0.311 e. The Kier molecular flexibility index (Phi) is 14.6. The molecular formula is C64H57N. The van der Waals surface area contributed by atoms with E-state index in [1.165, 1.54) is 72.3 Å². The van der Waals surface area contributed by atoms with Gasteiger partial charge in [0, 0.05) is 17.1 Å². The van der Waals surface area contributed by atoms with E-state index in [9.17, 15) is 0 Å². The Labute approximate surface area is 387 Å². The van der Waals surface area contributed by atoms with Crippen LogP contribution in [-0.2, 0) is 0 Å². The summed E-state index contributed by atoms with van der Waals surface area (Å²) in [5, 5.41) is 0. The first kappa shape index (κ1) is 43.9. The van der Waals surface area contributed by atoms with Crippen molar-refractivity contribution in [3.8, 4) is 44.5 Å². The zero-order valence-electron chi connectivity index (χ0n) is 38.0. The number of nitrogens with zero attached hydrogens (tertiary/aromatic N) is 1. The Hall–Kier alpha value is -7.74. The van der Waals surface area contributed by atoms with Crippen LogP contribution in [0.2, 0.25) is 0 Å². The third kappa shape index (κ3) is 11.8. The molecule has 1 aliphatic carbocycles. The van der Waals surface area contributed by atoms with Gasteiger partial charge in [-0.2, -0.15) is 0 Å². The van der Waals surface area contributed by atoms with E-state index < -0.39 is 0 Å². The molecule has 1 unspecified atom stereocenters. The Balaban J connectivity index is 0.000000182. The highest BCUT2D eigenvalue weighted by molar-refractivity contribution is 5.82. The molecule has 0 bridgehead atoms. The minimum atomic E-state index is 0.616.